The number of rotatable bonds is 7. The zero-order valence-electron chi connectivity index (χ0n) is 10.2. The average molecular weight is 252 g/mol. The molecule has 18 heavy (non-hydrogen) atoms. The van der Waals surface area contributed by atoms with Gasteiger partial charge in [-0.1, -0.05) is 12.1 Å². The van der Waals surface area contributed by atoms with Gasteiger partial charge in [-0.3, -0.25) is 10.00 Å². The van der Waals surface area contributed by atoms with Crippen LogP contribution in [0.25, 0.3) is 11.6 Å². The molecule has 8 heteroatoms. The van der Waals surface area contributed by atoms with Crippen molar-refractivity contribution < 1.29 is 9.63 Å². The van der Waals surface area contributed by atoms with Crippen molar-refractivity contribution in [2.45, 2.75) is 19.9 Å². The summed E-state index contributed by atoms with van der Waals surface area (Å²) < 4.78 is 5.14. The second-order valence-electron chi connectivity index (χ2n) is 3.85. The molecule has 2 rings (SSSR count). The minimum atomic E-state index is 0.114. The quantitative estimate of drug-likeness (QED) is 0.717. The molecule has 0 aliphatic carbocycles. The van der Waals surface area contributed by atoms with Gasteiger partial charge in [0.25, 0.3) is 0 Å². The van der Waals surface area contributed by atoms with E-state index in [-0.39, 0.29) is 6.61 Å². The molecule has 0 aromatic carbocycles. The molecule has 8 nitrogen and oxygen atoms in total. The maximum absolute atomic E-state index is 8.97. The van der Waals surface area contributed by atoms with Crippen LogP contribution in [-0.2, 0) is 6.54 Å². The van der Waals surface area contributed by atoms with Crippen LogP contribution in [0.4, 0.5) is 0 Å². The molecule has 2 aromatic rings. The van der Waals surface area contributed by atoms with Crippen molar-refractivity contribution in [2.75, 3.05) is 19.7 Å². The largest absolute Gasteiger partial charge is 0.395 e. The Morgan fingerprint density at radius 2 is 2.33 bits per heavy atom. The number of aliphatic hydroxyl groups is 1. The minimum Gasteiger partial charge on any atom is -0.395 e. The third kappa shape index (κ3) is 3.11. The van der Waals surface area contributed by atoms with E-state index in [1.54, 1.807) is 0 Å². The van der Waals surface area contributed by atoms with Crippen molar-refractivity contribution in [2.24, 2.45) is 0 Å². The van der Waals surface area contributed by atoms with Crippen LogP contribution in [0.1, 0.15) is 19.2 Å². The van der Waals surface area contributed by atoms with Crippen LogP contribution >= 0.6 is 0 Å². The molecule has 0 fully saturated rings. The lowest BCUT2D eigenvalue weighted by atomic mass is 10.4. The van der Waals surface area contributed by atoms with Crippen molar-refractivity contribution >= 4 is 0 Å². The maximum atomic E-state index is 8.97. The van der Waals surface area contributed by atoms with Gasteiger partial charge < -0.3 is 9.63 Å². The molecule has 2 aromatic heterocycles. The van der Waals surface area contributed by atoms with Gasteiger partial charge in [0.15, 0.2) is 5.82 Å². The second-order valence-corrected chi connectivity index (χ2v) is 3.85. The molecule has 2 heterocycles. The Kier molecular flexibility index (Phi) is 4.37. The van der Waals surface area contributed by atoms with Crippen LogP contribution in [0.5, 0.6) is 0 Å². The summed E-state index contributed by atoms with van der Waals surface area (Å²) in [6, 6.07) is 0. The first-order valence-electron chi connectivity index (χ1n) is 5.85. The fraction of sp³-hybridized carbons (Fsp3) is 0.600. The van der Waals surface area contributed by atoms with Crippen molar-refractivity contribution in [1.82, 2.24) is 30.2 Å². The summed E-state index contributed by atoms with van der Waals surface area (Å²) >= 11 is 0. The van der Waals surface area contributed by atoms with E-state index in [1.165, 1.54) is 6.33 Å². The van der Waals surface area contributed by atoms with Crippen LogP contribution in [0.3, 0.4) is 0 Å². The first-order valence-corrected chi connectivity index (χ1v) is 5.85. The zero-order chi connectivity index (χ0) is 12.8. The zero-order valence-corrected chi connectivity index (χ0v) is 10.2. The van der Waals surface area contributed by atoms with Gasteiger partial charge in [0.05, 0.1) is 13.2 Å². The first kappa shape index (κ1) is 12.7. The van der Waals surface area contributed by atoms with E-state index in [0.717, 1.165) is 13.0 Å². The van der Waals surface area contributed by atoms with Crippen molar-refractivity contribution in [1.29, 1.82) is 0 Å². The van der Waals surface area contributed by atoms with E-state index in [4.69, 9.17) is 9.63 Å². The number of aromatic amines is 1. The maximum Gasteiger partial charge on any atom is 0.241 e. The summed E-state index contributed by atoms with van der Waals surface area (Å²) in [5.41, 5.74) is 0. The van der Waals surface area contributed by atoms with Crippen molar-refractivity contribution in [3.63, 3.8) is 0 Å². The first-order chi connectivity index (χ1) is 8.83. The van der Waals surface area contributed by atoms with E-state index in [2.05, 4.69) is 37.1 Å². The Balaban J connectivity index is 2.01. The Hall–Kier alpha value is -1.80. The van der Waals surface area contributed by atoms with Crippen molar-refractivity contribution in [3.05, 3.63) is 12.2 Å². The third-order valence-electron chi connectivity index (χ3n) is 2.41. The molecule has 0 unspecified atom stereocenters. The molecule has 0 saturated heterocycles. The molecule has 0 radical (unpaired) electrons. The number of nitrogens with zero attached hydrogens (tertiary/aromatic N) is 5. The fourth-order valence-corrected chi connectivity index (χ4v) is 1.65. The van der Waals surface area contributed by atoms with Gasteiger partial charge in [0.2, 0.25) is 11.7 Å². The standard InChI is InChI=1S/C10H16N6O2/c1-2-3-16(4-5-17)6-8-13-10(15-18-8)9-11-7-12-14-9/h7,17H,2-6H2,1H3,(H,11,12,14). The number of aliphatic hydroxyl groups excluding tert-OH is 1. The fourth-order valence-electron chi connectivity index (χ4n) is 1.65. The highest BCUT2D eigenvalue weighted by Gasteiger charge is 2.13. The summed E-state index contributed by atoms with van der Waals surface area (Å²) in [7, 11) is 0. The highest BCUT2D eigenvalue weighted by Crippen LogP contribution is 2.10. The van der Waals surface area contributed by atoms with Gasteiger partial charge in [-0.2, -0.15) is 10.1 Å². The van der Waals surface area contributed by atoms with Gasteiger partial charge >= 0.3 is 0 Å². The van der Waals surface area contributed by atoms with Gasteiger partial charge in [-0.05, 0) is 13.0 Å². The van der Waals surface area contributed by atoms with Gasteiger partial charge in [0, 0.05) is 6.54 Å². The molecule has 0 amide bonds. The monoisotopic (exact) mass is 252 g/mol. The molecule has 98 valence electrons. The molecular weight excluding hydrogens is 236 g/mol. The van der Waals surface area contributed by atoms with Crippen LogP contribution in [0, 0.1) is 0 Å². The number of H-pyrrole nitrogens is 1. The third-order valence-corrected chi connectivity index (χ3v) is 2.41. The highest BCUT2D eigenvalue weighted by atomic mass is 16.5. The van der Waals surface area contributed by atoms with E-state index in [9.17, 15) is 0 Å². The lowest BCUT2D eigenvalue weighted by Gasteiger charge is -2.17. The number of nitrogens with one attached hydrogen (secondary N) is 1. The molecule has 0 aliphatic heterocycles. The Labute approximate surface area is 104 Å². The smallest absolute Gasteiger partial charge is 0.241 e. The molecule has 2 N–H and O–H groups in total. The lowest BCUT2D eigenvalue weighted by molar-refractivity contribution is 0.174. The van der Waals surface area contributed by atoms with Crippen LogP contribution in [-0.4, -0.2) is 55.0 Å². The summed E-state index contributed by atoms with van der Waals surface area (Å²) in [4.78, 5) is 10.2. The van der Waals surface area contributed by atoms with E-state index < -0.39 is 0 Å². The van der Waals surface area contributed by atoms with Crippen LogP contribution < -0.4 is 0 Å². The topological polar surface area (TPSA) is 104 Å². The number of hydrogen-bond acceptors (Lipinski definition) is 7. The Morgan fingerprint density at radius 1 is 1.44 bits per heavy atom. The predicted molar refractivity (Wildman–Crippen MR) is 62.3 cm³/mol. The van der Waals surface area contributed by atoms with Gasteiger partial charge in [-0.15, -0.1) is 0 Å². The number of aromatic nitrogens is 5. The molecule has 0 atom stereocenters. The number of hydrogen-bond donors (Lipinski definition) is 2. The Morgan fingerprint density at radius 3 is 3.00 bits per heavy atom. The minimum absolute atomic E-state index is 0.114. The summed E-state index contributed by atoms with van der Waals surface area (Å²) in [6.45, 7) is 4.19. The normalized spacial score (nSPS) is 11.3. The Bertz CT molecular complexity index is 449. The van der Waals surface area contributed by atoms with Crippen LogP contribution in [0.2, 0.25) is 0 Å². The van der Waals surface area contributed by atoms with E-state index in [1.807, 2.05) is 0 Å². The molecule has 0 bridgehead atoms. The molecule has 0 aliphatic rings. The molecule has 0 saturated carbocycles. The second kappa shape index (κ2) is 6.22. The van der Waals surface area contributed by atoms with Crippen LogP contribution in [0.15, 0.2) is 10.9 Å². The predicted octanol–water partition coefficient (Wildman–Crippen LogP) is 0.0590. The summed E-state index contributed by atoms with van der Waals surface area (Å²) in [5, 5.41) is 19.2. The lowest BCUT2D eigenvalue weighted by Crippen LogP contribution is -2.27. The average Bonchev–Trinajstić information content (AvgIpc) is 2.98. The van der Waals surface area contributed by atoms with Crippen molar-refractivity contribution in [3.8, 4) is 11.6 Å². The SMILES string of the molecule is CCCN(CCO)Cc1nc(-c2ncn[nH]2)no1. The van der Waals surface area contributed by atoms with E-state index >= 15 is 0 Å². The summed E-state index contributed by atoms with van der Waals surface area (Å²) in [5.74, 6) is 1.38. The van der Waals surface area contributed by atoms with Gasteiger partial charge in [0.1, 0.15) is 6.33 Å². The van der Waals surface area contributed by atoms with Gasteiger partial charge in [-0.25, -0.2) is 4.98 Å². The highest BCUT2D eigenvalue weighted by molar-refractivity contribution is 5.39. The van der Waals surface area contributed by atoms with E-state index in [0.29, 0.717) is 30.6 Å². The molecule has 0 spiro atoms. The molecular formula is C10H16N6O2. The summed E-state index contributed by atoms with van der Waals surface area (Å²) in [6.07, 6.45) is 2.39.